The Morgan fingerprint density at radius 2 is 1.44 bits per heavy atom. The molecule has 0 aromatic heterocycles. The van der Waals surface area contributed by atoms with Crippen LogP contribution in [-0.2, 0) is 4.57 Å². The second-order valence-electron chi connectivity index (χ2n) is 6.58. The van der Waals surface area contributed by atoms with E-state index in [-0.39, 0.29) is 17.3 Å². The zero-order valence-corrected chi connectivity index (χ0v) is 15.6. The smallest absolute Gasteiger partial charge is 0.262 e. The maximum absolute atomic E-state index is 13.1. The van der Waals surface area contributed by atoms with E-state index in [0.717, 1.165) is 15.7 Å². The number of benzene rings is 3. The Kier molecular flexibility index (Phi) is 4.22. The molecule has 0 aliphatic carbocycles. The van der Waals surface area contributed by atoms with E-state index >= 15 is 0 Å². The summed E-state index contributed by atoms with van der Waals surface area (Å²) >= 11 is 0. The molecule has 0 spiro atoms. The molecule has 2 amide bonds. The Morgan fingerprint density at radius 3 is 2.04 bits per heavy atom. The van der Waals surface area contributed by atoms with Crippen LogP contribution in [0.1, 0.15) is 39.0 Å². The van der Waals surface area contributed by atoms with Crippen LogP contribution in [-0.4, -0.2) is 27.8 Å². The first-order chi connectivity index (χ1) is 12.9. The summed E-state index contributed by atoms with van der Waals surface area (Å²) in [7, 11) is -3.85. The first-order valence-electron chi connectivity index (χ1n) is 8.71. The van der Waals surface area contributed by atoms with Gasteiger partial charge in [0.1, 0.15) is 5.78 Å². The van der Waals surface area contributed by atoms with Gasteiger partial charge in [0.2, 0.25) is 7.37 Å². The summed E-state index contributed by atoms with van der Waals surface area (Å²) in [5, 5.41) is 1.86. The predicted octanol–water partition coefficient (Wildman–Crippen LogP) is 4.42. The average Bonchev–Trinajstić information content (AvgIpc) is 2.93. The molecule has 1 aliphatic rings. The lowest BCUT2D eigenvalue weighted by molar-refractivity contribution is 0.0623. The third kappa shape index (κ3) is 2.80. The minimum Gasteiger partial charge on any atom is -0.343 e. The second-order valence-corrected chi connectivity index (χ2v) is 9.21. The number of fused-ring (bicyclic) bond motifs is 2. The van der Waals surface area contributed by atoms with E-state index in [2.05, 4.69) is 0 Å². The van der Waals surface area contributed by atoms with Gasteiger partial charge in [-0.2, -0.15) is 0 Å². The van der Waals surface area contributed by atoms with Gasteiger partial charge in [0.25, 0.3) is 11.8 Å². The number of amides is 2. The van der Waals surface area contributed by atoms with Gasteiger partial charge >= 0.3 is 0 Å². The SMILES string of the molecule is CCP(=O)(O)C(c1ccc2ccccc2c1)N1C(=O)c2ccccc2C1=O. The summed E-state index contributed by atoms with van der Waals surface area (Å²) in [6, 6.07) is 19.5. The Morgan fingerprint density at radius 1 is 0.889 bits per heavy atom. The van der Waals surface area contributed by atoms with Crippen molar-refractivity contribution in [3.63, 3.8) is 0 Å². The zero-order chi connectivity index (χ0) is 19.2. The van der Waals surface area contributed by atoms with Gasteiger partial charge in [-0.3, -0.25) is 19.1 Å². The third-order valence-corrected chi connectivity index (χ3v) is 7.18. The van der Waals surface area contributed by atoms with E-state index in [4.69, 9.17) is 0 Å². The fraction of sp³-hybridized carbons (Fsp3) is 0.143. The third-order valence-electron chi connectivity index (χ3n) is 4.98. The van der Waals surface area contributed by atoms with E-state index in [1.807, 2.05) is 30.3 Å². The van der Waals surface area contributed by atoms with Crippen molar-refractivity contribution in [3.8, 4) is 0 Å². The Labute approximate surface area is 156 Å². The van der Waals surface area contributed by atoms with Crippen LogP contribution >= 0.6 is 7.37 Å². The number of carbonyl (C=O) groups is 2. The van der Waals surface area contributed by atoms with Gasteiger partial charge in [-0.25, -0.2) is 0 Å². The lowest BCUT2D eigenvalue weighted by Crippen LogP contribution is -2.34. The van der Waals surface area contributed by atoms with Crippen LogP contribution in [0.15, 0.2) is 66.7 Å². The molecule has 0 saturated heterocycles. The fourth-order valence-corrected chi connectivity index (χ4v) is 5.08. The lowest BCUT2D eigenvalue weighted by atomic mass is 10.1. The summed E-state index contributed by atoms with van der Waals surface area (Å²) in [4.78, 5) is 37.5. The van der Waals surface area contributed by atoms with E-state index in [1.54, 1.807) is 43.3 Å². The second kappa shape index (κ2) is 6.45. The highest BCUT2D eigenvalue weighted by Gasteiger charge is 2.47. The normalized spacial score (nSPS) is 17.0. The Bertz CT molecular complexity index is 1090. The highest BCUT2D eigenvalue weighted by Crippen LogP contribution is 2.58. The van der Waals surface area contributed by atoms with Crippen molar-refractivity contribution in [1.29, 1.82) is 0 Å². The molecule has 2 atom stereocenters. The molecule has 0 radical (unpaired) electrons. The first kappa shape index (κ1) is 17.7. The quantitative estimate of drug-likeness (QED) is 0.538. The highest BCUT2D eigenvalue weighted by atomic mass is 31.2. The van der Waals surface area contributed by atoms with Crippen LogP contribution in [0.5, 0.6) is 0 Å². The monoisotopic (exact) mass is 379 g/mol. The van der Waals surface area contributed by atoms with Gasteiger partial charge in [-0.1, -0.05) is 55.5 Å². The molecule has 3 aromatic carbocycles. The van der Waals surface area contributed by atoms with Crippen LogP contribution in [0.25, 0.3) is 10.8 Å². The minimum atomic E-state index is -3.85. The molecule has 0 saturated carbocycles. The maximum Gasteiger partial charge on any atom is 0.262 e. The number of imide groups is 1. The van der Waals surface area contributed by atoms with Gasteiger partial charge in [-0.15, -0.1) is 0 Å². The molecular weight excluding hydrogens is 361 g/mol. The summed E-state index contributed by atoms with van der Waals surface area (Å²) in [5.74, 6) is -2.27. The summed E-state index contributed by atoms with van der Waals surface area (Å²) in [6.07, 6.45) is -0.0438. The van der Waals surface area contributed by atoms with Crippen molar-refractivity contribution in [2.45, 2.75) is 12.7 Å². The first-order valence-corrected chi connectivity index (χ1v) is 10.6. The average molecular weight is 379 g/mol. The van der Waals surface area contributed by atoms with Crippen molar-refractivity contribution >= 4 is 30.0 Å². The van der Waals surface area contributed by atoms with E-state index < -0.39 is 25.0 Å². The van der Waals surface area contributed by atoms with E-state index in [0.29, 0.717) is 5.56 Å². The molecule has 5 nitrogen and oxygen atoms in total. The summed E-state index contributed by atoms with van der Waals surface area (Å²) < 4.78 is 13.1. The van der Waals surface area contributed by atoms with E-state index in [1.165, 1.54) is 0 Å². The fourth-order valence-electron chi connectivity index (χ4n) is 3.53. The van der Waals surface area contributed by atoms with Gasteiger partial charge in [0.05, 0.1) is 11.1 Å². The molecule has 2 unspecified atom stereocenters. The van der Waals surface area contributed by atoms with E-state index in [9.17, 15) is 19.0 Å². The molecular formula is C21H18NO4P. The molecule has 4 rings (SSSR count). The zero-order valence-electron chi connectivity index (χ0n) is 14.7. The number of hydrogen-bond donors (Lipinski definition) is 1. The summed E-state index contributed by atoms with van der Waals surface area (Å²) in [6.45, 7) is 1.59. The van der Waals surface area contributed by atoms with Crippen LogP contribution in [0.2, 0.25) is 0 Å². The van der Waals surface area contributed by atoms with Gasteiger partial charge in [0, 0.05) is 6.16 Å². The molecule has 27 heavy (non-hydrogen) atoms. The van der Waals surface area contributed by atoms with Crippen LogP contribution < -0.4 is 0 Å². The standard InChI is InChI=1S/C21H18NO4P/c1-2-27(25,26)21(16-12-11-14-7-3-4-8-15(14)13-16)22-19(23)17-9-5-6-10-18(17)20(22)24/h3-13,21H,2H2,1H3,(H,25,26). The van der Waals surface area contributed by atoms with Crippen molar-refractivity contribution in [2.24, 2.45) is 0 Å². The van der Waals surface area contributed by atoms with Crippen LogP contribution in [0.4, 0.5) is 0 Å². The predicted molar refractivity (Wildman–Crippen MR) is 104 cm³/mol. The van der Waals surface area contributed by atoms with Crippen molar-refractivity contribution in [1.82, 2.24) is 4.90 Å². The summed E-state index contributed by atoms with van der Waals surface area (Å²) in [5.41, 5.74) is 1.02. The Hall–Kier alpha value is -2.75. The molecule has 3 aromatic rings. The maximum atomic E-state index is 13.1. The van der Waals surface area contributed by atoms with Gasteiger partial charge in [0.15, 0.2) is 0 Å². The minimum absolute atomic E-state index is 0.0438. The van der Waals surface area contributed by atoms with Crippen molar-refractivity contribution in [3.05, 3.63) is 83.4 Å². The number of carbonyl (C=O) groups excluding carboxylic acids is 2. The highest BCUT2D eigenvalue weighted by molar-refractivity contribution is 7.58. The lowest BCUT2D eigenvalue weighted by Gasteiger charge is -2.30. The molecule has 6 heteroatoms. The van der Waals surface area contributed by atoms with Crippen molar-refractivity contribution in [2.75, 3.05) is 6.16 Å². The Balaban J connectivity index is 1.89. The van der Waals surface area contributed by atoms with Gasteiger partial charge in [-0.05, 0) is 34.5 Å². The molecule has 0 fully saturated rings. The topological polar surface area (TPSA) is 74.7 Å². The van der Waals surface area contributed by atoms with Crippen LogP contribution in [0.3, 0.4) is 0 Å². The van der Waals surface area contributed by atoms with Gasteiger partial charge < -0.3 is 4.89 Å². The molecule has 1 aliphatic heterocycles. The van der Waals surface area contributed by atoms with Crippen LogP contribution in [0, 0.1) is 0 Å². The van der Waals surface area contributed by atoms with Crippen molar-refractivity contribution < 1.29 is 19.0 Å². The molecule has 0 bridgehead atoms. The molecule has 1 N–H and O–H groups in total. The molecule has 136 valence electrons. The molecule has 1 heterocycles. The number of nitrogens with zero attached hydrogens (tertiary/aromatic N) is 1. The number of hydrogen-bond acceptors (Lipinski definition) is 3. The largest absolute Gasteiger partial charge is 0.343 e. The number of rotatable bonds is 4.